The topological polar surface area (TPSA) is 131 Å². The number of aromatic nitrogens is 3. The zero-order valence-electron chi connectivity index (χ0n) is 18.9. The zero-order chi connectivity index (χ0) is 23.7. The summed E-state index contributed by atoms with van der Waals surface area (Å²) in [4.78, 5) is 17.5. The minimum Gasteiger partial charge on any atom is -0.508 e. The summed E-state index contributed by atoms with van der Waals surface area (Å²) in [6.45, 7) is 6.48. The number of hydroxylamine groups is 1. The fourth-order valence-corrected chi connectivity index (χ4v) is 3.80. The van der Waals surface area contributed by atoms with Gasteiger partial charge in [-0.2, -0.15) is 0 Å². The van der Waals surface area contributed by atoms with Gasteiger partial charge >= 0.3 is 5.91 Å². The van der Waals surface area contributed by atoms with Gasteiger partial charge in [0.1, 0.15) is 17.2 Å². The Morgan fingerprint density at radius 3 is 2.76 bits per heavy atom. The number of nitrogens with one attached hydrogen (secondary N) is 2. The number of aromatic hydroxyl groups is 2. The van der Waals surface area contributed by atoms with E-state index in [1.807, 2.05) is 26.0 Å². The van der Waals surface area contributed by atoms with Crippen LogP contribution in [0.1, 0.15) is 49.3 Å². The Balaban J connectivity index is 1.91. The van der Waals surface area contributed by atoms with E-state index in [9.17, 15) is 15.0 Å². The molecule has 0 radical (unpaired) electrons. The van der Waals surface area contributed by atoms with Crippen LogP contribution >= 0.6 is 0 Å². The van der Waals surface area contributed by atoms with Gasteiger partial charge in [0.15, 0.2) is 5.82 Å². The van der Waals surface area contributed by atoms with Crippen LogP contribution < -0.4 is 15.5 Å². The lowest BCUT2D eigenvalue weighted by Gasteiger charge is -2.16. The molecule has 0 saturated heterocycles. The number of phenolic OH excluding ortho intramolecular Hbond substituents is 2. The van der Waals surface area contributed by atoms with Crippen LogP contribution in [0.25, 0.3) is 17.1 Å². The summed E-state index contributed by atoms with van der Waals surface area (Å²) in [6, 6.07) is 8.64. The molecular formula is C23H27N5O5. The number of hydrogen-bond donors (Lipinski definition) is 4. The highest BCUT2D eigenvalue weighted by Crippen LogP contribution is 2.39. The molecule has 0 fully saturated rings. The predicted octanol–water partition coefficient (Wildman–Crippen LogP) is 3.34. The molecule has 1 aliphatic heterocycles. The summed E-state index contributed by atoms with van der Waals surface area (Å²) >= 11 is 0. The van der Waals surface area contributed by atoms with Crippen LogP contribution in [0.2, 0.25) is 0 Å². The van der Waals surface area contributed by atoms with Gasteiger partial charge in [0.25, 0.3) is 0 Å². The summed E-state index contributed by atoms with van der Waals surface area (Å²) in [5.41, 5.74) is 4.61. The number of ether oxygens (including phenoxy) is 1. The first-order valence-electron chi connectivity index (χ1n) is 10.7. The van der Waals surface area contributed by atoms with E-state index in [0.717, 1.165) is 12.1 Å². The van der Waals surface area contributed by atoms with Crippen LogP contribution in [0.15, 0.2) is 30.3 Å². The third kappa shape index (κ3) is 4.29. The van der Waals surface area contributed by atoms with Gasteiger partial charge in [-0.15, -0.1) is 10.2 Å². The van der Waals surface area contributed by atoms with Crippen molar-refractivity contribution in [1.82, 2.24) is 20.2 Å². The standard InChI is InChI=1S/C23H27N5O5/c1-12(2)15-10-16(19(30)11-18(15)29)21-25-26-22(23(31)27-32-4)28(21)14-5-6-17-20(9-14)33-8-7-13(3)24-17/h5-6,9-13,24,29-30H,7-8H2,1-4H3,(H,27,31). The van der Waals surface area contributed by atoms with Crippen molar-refractivity contribution in [2.24, 2.45) is 0 Å². The summed E-state index contributed by atoms with van der Waals surface area (Å²) in [5, 5.41) is 32.5. The van der Waals surface area contributed by atoms with Crippen LogP contribution in [0, 0.1) is 0 Å². The Kier molecular flexibility index (Phi) is 6.10. The molecule has 174 valence electrons. The lowest BCUT2D eigenvalue weighted by atomic mass is 9.98. The molecule has 10 heteroatoms. The molecule has 2 aromatic carbocycles. The number of carbonyl (C=O) groups is 1. The second-order valence-corrected chi connectivity index (χ2v) is 8.26. The van der Waals surface area contributed by atoms with Crippen molar-refractivity contribution in [3.8, 4) is 34.3 Å². The molecule has 33 heavy (non-hydrogen) atoms. The third-order valence-corrected chi connectivity index (χ3v) is 5.50. The summed E-state index contributed by atoms with van der Waals surface area (Å²) in [6.07, 6.45) is 0.850. The second-order valence-electron chi connectivity index (χ2n) is 8.26. The summed E-state index contributed by atoms with van der Waals surface area (Å²) in [7, 11) is 1.32. The maximum Gasteiger partial charge on any atom is 0.313 e. The third-order valence-electron chi connectivity index (χ3n) is 5.50. The fourth-order valence-electron chi connectivity index (χ4n) is 3.80. The Bertz CT molecular complexity index is 1190. The van der Waals surface area contributed by atoms with E-state index < -0.39 is 5.91 Å². The minimum absolute atomic E-state index is 0.00839. The number of phenols is 2. The van der Waals surface area contributed by atoms with E-state index in [-0.39, 0.29) is 35.1 Å². The van der Waals surface area contributed by atoms with Crippen LogP contribution in [0.5, 0.6) is 17.2 Å². The number of benzene rings is 2. The average Bonchev–Trinajstić information content (AvgIpc) is 3.10. The van der Waals surface area contributed by atoms with E-state index in [2.05, 4.69) is 27.9 Å². The van der Waals surface area contributed by atoms with E-state index >= 15 is 0 Å². The SMILES string of the molecule is CONC(=O)c1nnc(-c2cc(C(C)C)c(O)cc2O)n1-c1ccc2c(c1)OCCC(C)N2. The quantitative estimate of drug-likeness (QED) is 0.433. The molecule has 1 amide bonds. The van der Waals surface area contributed by atoms with Crippen molar-refractivity contribution < 1.29 is 24.6 Å². The summed E-state index contributed by atoms with van der Waals surface area (Å²) in [5.74, 6) is -0.00976. The van der Waals surface area contributed by atoms with Gasteiger partial charge in [0.2, 0.25) is 5.82 Å². The van der Waals surface area contributed by atoms with Gasteiger partial charge < -0.3 is 20.3 Å². The van der Waals surface area contributed by atoms with Crippen molar-refractivity contribution in [2.75, 3.05) is 19.0 Å². The van der Waals surface area contributed by atoms with Crippen LogP contribution in [0.4, 0.5) is 5.69 Å². The number of amides is 1. The van der Waals surface area contributed by atoms with E-state index in [1.165, 1.54) is 17.7 Å². The average molecular weight is 453 g/mol. The molecule has 10 nitrogen and oxygen atoms in total. The van der Waals surface area contributed by atoms with Gasteiger partial charge in [0.05, 0.1) is 30.7 Å². The van der Waals surface area contributed by atoms with Crippen LogP contribution in [0.3, 0.4) is 0 Å². The predicted molar refractivity (Wildman–Crippen MR) is 122 cm³/mol. The monoisotopic (exact) mass is 453 g/mol. The number of fused-ring (bicyclic) bond motifs is 1. The van der Waals surface area contributed by atoms with Crippen molar-refractivity contribution >= 4 is 11.6 Å². The van der Waals surface area contributed by atoms with E-state index in [0.29, 0.717) is 29.2 Å². The maximum atomic E-state index is 12.7. The van der Waals surface area contributed by atoms with Gasteiger partial charge in [-0.1, -0.05) is 13.8 Å². The fraction of sp³-hybridized carbons (Fsp3) is 0.348. The molecular weight excluding hydrogens is 426 g/mol. The minimum atomic E-state index is -0.610. The lowest BCUT2D eigenvalue weighted by Crippen LogP contribution is -2.25. The normalized spacial score (nSPS) is 15.4. The number of hydrogen-bond acceptors (Lipinski definition) is 8. The highest BCUT2D eigenvalue weighted by molar-refractivity contribution is 5.91. The van der Waals surface area contributed by atoms with Gasteiger partial charge in [-0.05, 0) is 36.6 Å². The first kappa shape index (κ1) is 22.4. The van der Waals surface area contributed by atoms with Gasteiger partial charge in [-0.25, -0.2) is 5.48 Å². The molecule has 0 bridgehead atoms. The number of nitrogens with zero attached hydrogens (tertiary/aromatic N) is 3. The first-order chi connectivity index (χ1) is 15.8. The highest BCUT2D eigenvalue weighted by atomic mass is 16.6. The molecule has 0 spiro atoms. The van der Waals surface area contributed by atoms with Gasteiger partial charge in [0, 0.05) is 24.6 Å². The number of carbonyl (C=O) groups excluding carboxylic acids is 1. The van der Waals surface area contributed by atoms with Crippen molar-refractivity contribution in [3.63, 3.8) is 0 Å². The Hall–Kier alpha value is -3.79. The van der Waals surface area contributed by atoms with Crippen molar-refractivity contribution in [3.05, 3.63) is 41.7 Å². The Labute approximate surface area is 191 Å². The Morgan fingerprint density at radius 2 is 2.03 bits per heavy atom. The summed E-state index contributed by atoms with van der Waals surface area (Å²) < 4.78 is 7.43. The molecule has 1 atom stereocenters. The molecule has 4 rings (SSSR count). The molecule has 1 unspecified atom stereocenters. The van der Waals surface area contributed by atoms with Gasteiger partial charge in [-0.3, -0.25) is 14.2 Å². The molecule has 1 aliphatic rings. The molecule has 3 aromatic rings. The largest absolute Gasteiger partial charge is 0.508 e. The smallest absolute Gasteiger partial charge is 0.313 e. The lowest BCUT2D eigenvalue weighted by molar-refractivity contribution is 0.0524. The van der Waals surface area contributed by atoms with Crippen LogP contribution in [-0.4, -0.2) is 50.6 Å². The molecule has 0 saturated carbocycles. The van der Waals surface area contributed by atoms with Crippen molar-refractivity contribution in [1.29, 1.82) is 0 Å². The van der Waals surface area contributed by atoms with Crippen molar-refractivity contribution in [2.45, 2.75) is 39.2 Å². The number of rotatable bonds is 5. The number of anilines is 1. The molecule has 1 aromatic heterocycles. The second kappa shape index (κ2) is 8.99. The molecule has 4 N–H and O–H groups in total. The highest BCUT2D eigenvalue weighted by Gasteiger charge is 2.25. The van der Waals surface area contributed by atoms with Crippen LogP contribution in [-0.2, 0) is 4.84 Å². The van der Waals surface area contributed by atoms with E-state index in [1.54, 1.807) is 12.1 Å². The molecule has 0 aliphatic carbocycles. The maximum absolute atomic E-state index is 12.7. The first-order valence-corrected chi connectivity index (χ1v) is 10.7. The van der Waals surface area contributed by atoms with E-state index in [4.69, 9.17) is 9.57 Å². The molecule has 2 heterocycles. The Morgan fingerprint density at radius 1 is 1.24 bits per heavy atom. The zero-order valence-corrected chi connectivity index (χ0v) is 18.9.